The zero-order chi connectivity index (χ0) is 18.4. The number of thiophene rings is 1. The van der Waals surface area contributed by atoms with Gasteiger partial charge in [-0.25, -0.2) is 0 Å². The number of methoxy groups -OCH3 is 1. The third-order valence-corrected chi connectivity index (χ3v) is 5.77. The summed E-state index contributed by atoms with van der Waals surface area (Å²) in [7, 11) is 1.62. The van der Waals surface area contributed by atoms with Crippen molar-refractivity contribution in [2.45, 2.75) is 38.5 Å². The number of nitrogens with zero attached hydrogens (tertiary/aromatic N) is 1. The highest BCUT2D eigenvalue weighted by molar-refractivity contribution is 7.16. The minimum atomic E-state index is -0.216. The molecule has 0 radical (unpaired) electrons. The van der Waals surface area contributed by atoms with Crippen LogP contribution in [0.15, 0.2) is 30.3 Å². The minimum Gasteiger partial charge on any atom is -0.497 e. The summed E-state index contributed by atoms with van der Waals surface area (Å²) in [5.74, 6) is 0.563. The van der Waals surface area contributed by atoms with Crippen LogP contribution in [0.5, 0.6) is 5.75 Å². The van der Waals surface area contributed by atoms with E-state index in [2.05, 4.69) is 11.4 Å². The van der Waals surface area contributed by atoms with E-state index >= 15 is 0 Å². The molecular formula is C21H22N2O2S. The first-order chi connectivity index (χ1) is 12.7. The van der Waals surface area contributed by atoms with E-state index in [-0.39, 0.29) is 5.91 Å². The van der Waals surface area contributed by atoms with Gasteiger partial charge in [-0.15, -0.1) is 11.3 Å². The Hall–Kier alpha value is -2.58. The number of nitrogens with one attached hydrogen (secondary N) is 1. The minimum absolute atomic E-state index is 0.216. The Labute approximate surface area is 158 Å². The normalized spacial score (nSPS) is 14.2. The number of benzene rings is 1. The second kappa shape index (κ2) is 8.68. The maximum Gasteiger partial charge on any atom is 0.249 e. The van der Waals surface area contributed by atoms with Gasteiger partial charge in [-0.3, -0.25) is 4.79 Å². The van der Waals surface area contributed by atoms with Crippen LogP contribution in [0, 0.1) is 11.3 Å². The quantitative estimate of drug-likeness (QED) is 0.780. The predicted molar refractivity (Wildman–Crippen MR) is 106 cm³/mol. The van der Waals surface area contributed by atoms with Crippen LogP contribution in [-0.2, 0) is 17.6 Å². The van der Waals surface area contributed by atoms with Crippen molar-refractivity contribution in [2.24, 2.45) is 0 Å². The fraction of sp³-hybridized carbons (Fsp3) is 0.333. The Balaban J connectivity index is 1.73. The van der Waals surface area contributed by atoms with Gasteiger partial charge in [-0.2, -0.15) is 5.26 Å². The molecule has 2 aromatic rings. The molecule has 1 aliphatic carbocycles. The first-order valence-corrected chi connectivity index (χ1v) is 9.70. The van der Waals surface area contributed by atoms with Crippen molar-refractivity contribution in [1.29, 1.82) is 5.26 Å². The molecule has 4 nitrogen and oxygen atoms in total. The summed E-state index contributed by atoms with van der Waals surface area (Å²) in [6.07, 6.45) is 9.92. The number of hydrogen-bond donors (Lipinski definition) is 1. The fourth-order valence-electron chi connectivity index (χ4n) is 3.17. The average Bonchev–Trinajstić information content (AvgIpc) is 2.95. The second-order valence-electron chi connectivity index (χ2n) is 6.33. The van der Waals surface area contributed by atoms with Crippen molar-refractivity contribution in [1.82, 2.24) is 0 Å². The molecular weight excluding hydrogens is 344 g/mol. The van der Waals surface area contributed by atoms with Gasteiger partial charge in [0.15, 0.2) is 0 Å². The molecule has 0 saturated heterocycles. The standard InChI is InChI=1S/C21H22N2O2S/c1-25-16-11-8-15(9-12-16)10-13-20(24)23-21-18(14-22)17-6-4-2-3-5-7-19(17)26-21/h8-13H,2-7H2,1H3,(H,23,24)/b13-10+. The van der Waals surface area contributed by atoms with Crippen molar-refractivity contribution in [2.75, 3.05) is 12.4 Å². The van der Waals surface area contributed by atoms with E-state index in [9.17, 15) is 10.1 Å². The lowest BCUT2D eigenvalue weighted by molar-refractivity contribution is -0.111. The molecule has 1 aliphatic rings. The maximum absolute atomic E-state index is 12.3. The van der Waals surface area contributed by atoms with Gasteiger partial charge >= 0.3 is 0 Å². The average molecular weight is 366 g/mol. The van der Waals surface area contributed by atoms with Crippen LogP contribution in [0.4, 0.5) is 5.00 Å². The lowest BCUT2D eigenvalue weighted by Gasteiger charge is -2.08. The van der Waals surface area contributed by atoms with Gasteiger partial charge in [0.2, 0.25) is 5.91 Å². The summed E-state index contributed by atoms with van der Waals surface area (Å²) in [5, 5.41) is 13.2. The molecule has 26 heavy (non-hydrogen) atoms. The van der Waals surface area contributed by atoms with E-state index in [4.69, 9.17) is 4.74 Å². The molecule has 1 heterocycles. The van der Waals surface area contributed by atoms with E-state index in [1.165, 1.54) is 23.8 Å². The fourth-order valence-corrected chi connectivity index (χ4v) is 4.41. The van der Waals surface area contributed by atoms with Crippen LogP contribution in [0.2, 0.25) is 0 Å². The number of carbonyl (C=O) groups is 1. The molecule has 0 spiro atoms. The van der Waals surface area contributed by atoms with Gasteiger partial charge in [0, 0.05) is 11.0 Å². The number of rotatable bonds is 4. The highest BCUT2D eigenvalue weighted by atomic mass is 32.1. The summed E-state index contributed by atoms with van der Waals surface area (Å²) in [5.41, 5.74) is 2.71. The monoisotopic (exact) mass is 366 g/mol. The number of hydrogen-bond acceptors (Lipinski definition) is 4. The smallest absolute Gasteiger partial charge is 0.249 e. The SMILES string of the molecule is COc1ccc(/C=C/C(=O)Nc2sc3c(c2C#N)CCCCCC3)cc1. The molecule has 1 amide bonds. The molecule has 0 fully saturated rings. The van der Waals surface area contributed by atoms with Crippen molar-refractivity contribution in [3.63, 3.8) is 0 Å². The number of fused-ring (bicyclic) bond motifs is 1. The number of carbonyl (C=O) groups excluding carboxylic acids is 1. The number of nitriles is 1. The predicted octanol–water partition coefficient (Wildman–Crippen LogP) is 4.94. The second-order valence-corrected chi connectivity index (χ2v) is 7.43. The van der Waals surface area contributed by atoms with Crippen molar-refractivity contribution < 1.29 is 9.53 Å². The molecule has 0 saturated carbocycles. The molecule has 1 aromatic heterocycles. The lowest BCUT2D eigenvalue weighted by Crippen LogP contribution is -2.07. The largest absolute Gasteiger partial charge is 0.497 e. The first-order valence-electron chi connectivity index (χ1n) is 8.89. The molecule has 1 N–H and O–H groups in total. The maximum atomic E-state index is 12.3. The van der Waals surface area contributed by atoms with Gasteiger partial charge in [-0.05, 0) is 55.0 Å². The van der Waals surface area contributed by atoms with Crippen LogP contribution in [0.1, 0.15) is 47.3 Å². The number of ether oxygens (including phenoxy) is 1. The van der Waals surface area contributed by atoms with Crippen molar-refractivity contribution in [3.05, 3.63) is 51.9 Å². The Morgan fingerprint density at radius 3 is 2.62 bits per heavy atom. The zero-order valence-corrected chi connectivity index (χ0v) is 15.7. The number of anilines is 1. The summed E-state index contributed by atoms with van der Waals surface area (Å²) in [4.78, 5) is 13.6. The Kier molecular flexibility index (Phi) is 6.08. The third-order valence-electron chi connectivity index (χ3n) is 4.56. The highest BCUT2D eigenvalue weighted by Gasteiger charge is 2.19. The van der Waals surface area contributed by atoms with Crippen molar-refractivity contribution >= 4 is 28.3 Å². The van der Waals surface area contributed by atoms with E-state index in [1.807, 2.05) is 24.3 Å². The Morgan fingerprint density at radius 1 is 1.19 bits per heavy atom. The topological polar surface area (TPSA) is 62.1 Å². The summed E-state index contributed by atoms with van der Waals surface area (Å²) in [6, 6.07) is 9.78. The van der Waals surface area contributed by atoms with Gasteiger partial charge in [0.1, 0.15) is 16.8 Å². The van der Waals surface area contributed by atoms with Crippen LogP contribution in [0.3, 0.4) is 0 Å². The zero-order valence-electron chi connectivity index (χ0n) is 14.9. The number of aryl methyl sites for hydroxylation is 1. The Bertz CT molecular complexity index is 844. The van der Waals surface area contributed by atoms with Gasteiger partial charge < -0.3 is 10.1 Å². The summed E-state index contributed by atoms with van der Waals surface area (Å²) < 4.78 is 5.12. The Morgan fingerprint density at radius 2 is 1.92 bits per heavy atom. The first kappa shape index (κ1) is 18.2. The van der Waals surface area contributed by atoms with Crippen LogP contribution < -0.4 is 10.1 Å². The van der Waals surface area contributed by atoms with E-state index < -0.39 is 0 Å². The number of amides is 1. The molecule has 0 bridgehead atoms. The molecule has 134 valence electrons. The molecule has 5 heteroatoms. The molecule has 1 aromatic carbocycles. The molecule has 0 atom stereocenters. The van der Waals surface area contributed by atoms with Crippen LogP contribution in [-0.4, -0.2) is 13.0 Å². The van der Waals surface area contributed by atoms with Crippen LogP contribution >= 0.6 is 11.3 Å². The van der Waals surface area contributed by atoms with Crippen molar-refractivity contribution in [3.8, 4) is 11.8 Å². The molecule has 0 unspecified atom stereocenters. The highest BCUT2D eigenvalue weighted by Crippen LogP contribution is 2.36. The van der Waals surface area contributed by atoms with Gasteiger partial charge in [0.25, 0.3) is 0 Å². The molecule has 0 aliphatic heterocycles. The van der Waals surface area contributed by atoms with E-state index in [1.54, 1.807) is 24.5 Å². The molecule has 3 rings (SSSR count). The summed E-state index contributed by atoms with van der Waals surface area (Å²) >= 11 is 1.56. The van der Waals surface area contributed by atoms with E-state index in [0.717, 1.165) is 42.6 Å². The van der Waals surface area contributed by atoms with E-state index in [0.29, 0.717) is 10.6 Å². The summed E-state index contributed by atoms with van der Waals surface area (Å²) in [6.45, 7) is 0. The van der Waals surface area contributed by atoms with Gasteiger partial charge in [0.05, 0.1) is 12.7 Å². The lowest BCUT2D eigenvalue weighted by atomic mass is 9.97. The third kappa shape index (κ3) is 4.33. The van der Waals surface area contributed by atoms with Crippen LogP contribution in [0.25, 0.3) is 6.08 Å². The van der Waals surface area contributed by atoms with Gasteiger partial charge in [-0.1, -0.05) is 25.0 Å².